The van der Waals surface area contributed by atoms with Crippen LogP contribution in [-0.4, -0.2) is 5.78 Å². The minimum absolute atomic E-state index is 0. The van der Waals surface area contributed by atoms with Gasteiger partial charge in [-0.3, -0.25) is 4.79 Å². The molecule has 0 spiro atoms. The molecule has 0 aromatic heterocycles. The average molecular weight is 399 g/mol. The number of ketones is 1. The topological polar surface area (TPSA) is 17.1 Å². The number of hydrogen-bond donors (Lipinski definition) is 0. The third kappa shape index (κ3) is 4.80. The van der Waals surface area contributed by atoms with Gasteiger partial charge in [-0.2, -0.15) is 0 Å². The summed E-state index contributed by atoms with van der Waals surface area (Å²) in [6.45, 7) is 11.2. The van der Waals surface area contributed by atoms with Crippen molar-refractivity contribution >= 4 is 5.78 Å². The summed E-state index contributed by atoms with van der Waals surface area (Å²) >= 11 is 0. The van der Waals surface area contributed by atoms with E-state index in [2.05, 4.69) is 45.1 Å². The first-order valence-corrected chi connectivity index (χ1v) is 12.1. The predicted molar refractivity (Wildman–Crippen MR) is 127 cm³/mol. The molecule has 0 bridgehead atoms. The summed E-state index contributed by atoms with van der Waals surface area (Å²) in [5.41, 5.74) is 1.87. The van der Waals surface area contributed by atoms with Crippen LogP contribution < -0.4 is 0 Å². The second-order valence-corrected chi connectivity index (χ2v) is 10.1. The molecule has 1 heteroatoms. The van der Waals surface area contributed by atoms with Gasteiger partial charge in [0.05, 0.1) is 0 Å². The number of fused-ring (bicyclic) bond motifs is 5. The standard InChI is InChI=1S/C25H36O.C2H6.CH4/c1-17(2)6-4-5-7-19-9-13-24-23-11-8-18-16-20(26)10-12-21(18)22(23)14-15-25(19,24)3;1-2;/h4-5,8,11,16-17,19,21-24H,6-7,9-10,12-15H2,1-3H3;1-2H3;1H4/b5-4+;;/t19-,21?,22-,23?,24?,25+;;/m0../s1. The number of hydrogen-bond acceptors (Lipinski definition) is 1. The van der Waals surface area contributed by atoms with Gasteiger partial charge in [-0.05, 0) is 97.5 Å². The molecule has 0 heterocycles. The van der Waals surface area contributed by atoms with E-state index in [9.17, 15) is 4.79 Å². The van der Waals surface area contributed by atoms with Gasteiger partial charge in [0.15, 0.2) is 5.78 Å². The summed E-state index contributed by atoms with van der Waals surface area (Å²) < 4.78 is 0. The van der Waals surface area contributed by atoms with Gasteiger partial charge in [0.25, 0.3) is 0 Å². The van der Waals surface area contributed by atoms with E-state index >= 15 is 0 Å². The van der Waals surface area contributed by atoms with Crippen LogP contribution >= 0.6 is 0 Å². The lowest BCUT2D eigenvalue weighted by molar-refractivity contribution is -0.115. The molecule has 0 radical (unpaired) electrons. The zero-order chi connectivity index (χ0) is 20.3. The average Bonchev–Trinajstić information content (AvgIpc) is 3.02. The van der Waals surface area contributed by atoms with Gasteiger partial charge in [0, 0.05) is 6.42 Å². The van der Waals surface area contributed by atoms with Crippen molar-refractivity contribution in [3.05, 3.63) is 36.0 Å². The lowest BCUT2D eigenvalue weighted by Crippen LogP contribution is -2.44. The Morgan fingerprint density at radius 3 is 2.62 bits per heavy atom. The molecule has 1 nitrogen and oxygen atoms in total. The molecule has 0 N–H and O–H groups in total. The molecule has 2 fully saturated rings. The van der Waals surface area contributed by atoms with Crippen LogP contribution in [-0.2, 0) is 4.79 Å². The van der Waals surface area contributed by atoms with Crippen LogP contribution in [0.25, 0.3) is 0 Å². The second kappa shape index (κ2) is 10.3. The largest absolute Gasteiger partial charge is 0.295 e. The highest BCUT2D eigenvalue weighted by molar-refractivity contribution is 5.91. The highest BCUT2D eigenvalue weighted by Crippen LogP contribution is 2.63. The van der Waals surface area contributed by atoms with Crippen molar-refractivity contribution in [1.29, 1.82) is 0 Å². The molecule has 4 rings (SSSR count). The summed E-state index contributed by atoms with van der Waals surface area (Å²) in [5, 5.41) is 0. The third-order valence-corrected chi connectivity index (χ3v) is 8.26. The van der Waals surface area contributed by atoms with Gasteiger partial charge in [-0.1, -0.05) is 66.3 Å². The predicted octanol–water partition coefficient (Wildman–Crippen LogP) is 8.18. The van der Waals surface area contributed by atoms with Gasteiger partial charge in [-0.15, -0.1) is 0 Å². The van der Waals surface area contributed by atoms with Crippen molar-refractivity contribution in [2.75, 3.05) is 0 Å². The van der Waals surface area contributed by atoms with E-state index in [-0.39, 0.29) is 7.43 Å². The molecule has 3 unspecified atom stereocenters. The summed E-state index contributed by atoms with van der Waals surface area (Å²) in [6.07, 6.45) is 21.6. The van der Waals surface area contributed by atoms with Gasteiger partial charge >= 0.3 is 0 Å². The quantitative estimate of drug-likeness (QED) is 0.436. The van der Waals surface area contributed by atoms with E-state index in [1.807, 2.05) is 19.9 Å². The van der Waals surface area contributed by atoms with Crippen molar-refractivity contribution < 1.29 is 4.79 Å². The Balaban J connectivity index is 0.000000970. The van der Waals surface area contributed by atoms with E-state index in [0.717, 1.165) is 42.4 Å². The molecular formula is C28H46O. The Morgan fingerprint density at radius 2 is 1.90 bits per heavy atom. The van der Waals surface area contributed by atoms with Crippen LogP contribution in [0.15, 0.2) is 36.0 Å². The maximum Gasteiger partial charge on any atom is 0.155 e. The minimum atomic E-state index is 0. The lowest BCUT2D eigenvalue weighted by atomic mass is 9.53. The number of carbonyl (C=O) groups excluding carboxylic acids is 1. The van der Waals surface area contributed by atoms with E-state index < -0.39 is 0 Å². The number of allylic oxidation sites excluding steroid dienone is 6. The number of carbonyl (C=O) groups is 1. The molecule has 6 atom stereocenters. The summed E-state index contributed by atoms with van der Waals surface area (Å²) in [7, 11) is 0. The summed E-state index contributed by atoms with van der Waals surface area (Å²) in [4.78, 5) is 11.8. The lowest BCUT2D eigenvalue weighted by Gasteiger charge is -2.52. The van der Waals surface area contributed by atoms with E-state index in [0.29, 0.717) is 17.1 Å². The van der Waals surface area contributed by atoms with Crippen LogP contribution in [0.2, 0.25) is 0 Å². The first kappa shape index (κ1) is 24.2. The van der Waals surface area contributed by atoms with Crippen molar-refractivity contribution in [3.63, 3.8) is 0 Å². The van der Waals surface area contributed by atoms with Crippen molar-refractivity contribution in [1.82, 2.24) is 0 Å². The van der Waals surface area contributed by atoms with E-state index in [1.165, 1.54) is 44.1 Å². The molecule has 0 amide bonds. The van der Waals surface area contributed by atoms with Gasteiger partial charge in [0.1, 0.15) is 0 Å². The SMILES string of the molecule is C.CC.CC(C)C/C=C/C[C@H]1CCC2C3C=CC4=CC(=O)CCC4[C@@H]3CC[C@@]21C. The molecule has 4 aliphatic rings. The van der Waals surface area contributed by atoms with Crippen LogP contribution in [0.3, 0.4) is 0 Å². The molecular weight excluding hydrogens is 352 g/mol. The molecule has 0 saturated heterocycles. The molecule has 29 heavy (non-hydrogen) atoms. The molecule has 2 saturated carbocycles. The van der Waals surface area contributed by atoms with Crippen LogP contribution in [0.5, 0.6) is 0 Å². The Hall–Kier alpha value is -1.11. The Morgan fingerprint density at radius 1 is 1.14 bits per heavy atom. The number of rotatable bonds is 4. The Bertz CT molecular complexity index is 637. The van der Waals surface area contributed by atoms with E-state index in [4.69, 9.17) is 0 Å². The van der Waals surface area contributed by atoms with Crippen LogP contribution in [0.4, 0.5) is 0 Å². The fourth-order valence-corrected chi connectivity index (χ4v) is 6.78. The maximum absolute atomic E-state index is 11.8. The molecule has 0 aliphatic heterocycles. The normalized spacial score (nSPS) is 37.8. The monoisotopic (exact) mass is 398 g/mol. The third-order valence-electron chi connectivity index (χ3n) is 8.26. The van der Waals surface area contributed by atoms with Crippen LogP contribution in [0.1, 0.15) is 93.4 Å². The fraction of sp³-hybridized carbons (Fsp3) is 0.750. The highest BCUT2D eigenvalue weighted by atomic mass is 16.1. The van der Waals surface area contributed by atoms with Crippen molar-refractivity contribution in [2.24, 2.45) is 40.9 Å². The summed E-state index contributed by atoms with van der Waals surface area (Å²) in [5.74, 6) is 5.06. The van der Waals surface area contributed by atoms with Gasteiger partial charge in [0.2, 0.25) is 0 Å². The smallest absolute Gasteiger partial charge is 0.155 e. The van der Waals surface area contributed by atoms with Gasteiger partial charge in [-0.25, -0.2) is 0 Å². The molecule has 0 aromatic carbocycles. The fourth-order valence-electron chi connectivity index (χ4n) is 6.78. The second-order valence-electron chi connectivity index (χ2n) is 10.1. The molecule has 0 aromatic rings. The maximum atomic E-state index is 11.8. The van der Waals surface area contributed by atoms with Crippen molar-refractivity contribution in [2.45, 2.75) is 93.4 Å². The zero-order valence-corrected chi connectivity index (χ0v) is 18.9. The Kier molecular flexibility index (Phi) is 8.56. The van der Waals surface area contributed by atoms with Crippen molar-refractivity contribution in [3.8, 4) is 0 Å². The van der Waals surface area contributed by atoms with Gasteiger partial charge < -0.3 is 0 Å². The first-order chi connectivity index (χ1) is 13.5. The molecule has 4 aliphatic carbocycles. The summed E-state index contributed by atoms with van der Waals surface area (Å²) in [6, 6.07) is 0. The van der Waals surface area contributed by atoms with Crippen LogP contribution in [0, 0.1) is 40.9 Å². The van der Waals surface area contributed by atoms with E-state index in [1.54, 1.807) is 0 Å². The first-order valence-electron chi connectivity index (χ1n) is 12.1. The zero-order valence-electron chi connectivity index (χ0n) is 18.9. The Labute approximate surface area is 181 Å². The minimum Gasteiger partial charge on any atom is -0.295 e. The highest BCUT2D eigenvalue weighted by Gasteiger charge is 2.54. The molecule has 164 valence electrons.